The molecule has 0 saturated carbocycles. The Morgan fingerprint density at radius 1 is 1.15 bits per heavy atom. The largest absolute Gasteiger partial charge is 0.394 e. The zero-order valence-electron chi connectivity index (χ0n) is 14.0. The summed E-state index contributed by atoms with van der Waals surface area (Å²) in [5.74, 6) is -1.77. The minimum Gasteiger partial charge on any atom is -0.394 e. The smallest absolute Gasteiger partial charge is 0.207 e. The van der Waals surface area contributed by atoms with E-state index in [9.17, 15) is 13.9 Å². The lowest BCUT2D eigenvalue weighted by Crippen LogP contribution is -2.36. The quantitative estimate of drug-likeness (QED) is 0.836. The van der Waals surface area contributed by atoms with Crippen LogP contribution in [0.15, 0.2) is 10.6 Å². The first-order valence-corrected chi connectivity index (χ1v) is 8.64. The van der Waals surface area contributed by atoms with Gasteiger partial charge in [0.15, 0.2) is 17.9 Å². The standard InChI is InChI=1S/C17H20F2N2O5/c18-13-10(17-24-5-6-25-17)7-11-15(14(13)19)26-21-16(11)20-12(8-22)9-1-3-23-4-2-9/h7,9,12,17,22H,1-6,8H2,(H,20,21). The molecule has 3 heterocycles. The second kappa shape index (κ2) is 7.43. The highest BCUT2D eigenvalue weighted by atomic mass is 19.2. The molecule has 1 aromatic carbocycles. The summed E-state index contributed by atoms with van der Waals surface area (Å²) in [7, 11) is 0. The zero-order chi connectivity index (χ0) is 18.1. The Morgan fingerprint density at radius 2 is 1.88 bits per heavy atom. The molecule has 0 radical (unpaired) electrons. The molecule has 2 aromatic rings. The predicted molar refractivity (Wildman–Crippen MR) is 86.6 cm³/mol. The Bertz CT molecular complexity index is 772. The fourth-order valence-electron chi connectivity index (χ4n) is 3.45. The number of hydrogen-bond acceptors (Lipinski definition) is 7. The van der Waals surface area contributed by atoms with E-state index in [4.69, 9.17) is 18.7 Å². The number of fused-ring (bicyclic) bond motifs is 1. The van der Waals surface area contributed by atoms with Crippen LogP contribution in [0, 0.1) is 17.6 Å². The van der Waals surface area contributed by atoms with Crippen molar-refractivity contribution in [3.63, 3.8) is 0 Å². The molecule has 7 nitrogen and oxygen atoms in total. The minimum atomic E-state index is -1.14. The van der Waals surface area contributed by atoms with Crippen molar-refractivity contribution in [3.8, 4) is 0 Å². The summed E-state index contributed by atoms with van der Waals surface area (Å²) in [5.41, 5.74) is -0.319. The second-order valence-corrected chi connectivity index (χ2v) is 6.46. The van der Waals surface area contributed by atoms with Crippen LogP contribution in [0.5, 0.6) is 0 Å². The molecule has 4 rings (SSSR count). The Morgan fingerprint density at radius 3 is 2.58 bits per heavy atom. The fourth-order valence-corrected chi connectivity index (χ4v) is 3.45. The zero-order valence-corrected chi connectivity index (χ0v) is 14.0. The van der Waals surface area contributed by atoms with Crippen LogP contribution in [0.3, 0.4) is 0 Å². The molecule has 1 aromatic heterocycles. The molecule has 0 aliphatic carbocycles. The molecular weight excluding hydrogens is 350 g/mol. The number of anilines is 1. The van der Waals surface area contributed by atoms with E-state index in [2.05, 4.69) is 10.5 Å². The van der Waals surface area contributed by atoms with Crippen molar-refractivity contribution < 1.29 is 32.6 Å². The van der Waals surface area contributed by atoms with E-state index in [1.807, 2.05) is 0 Å². The summed E-state index contributed by atoms with van der Waals surface area (Å²) < 4.78 is 49.6. The van der Waals surface area contributed by atoms with Crippen LogP contribution in [-0.4, -0.2) is 49.3 Å². The first kappa shape index (κ1) is 17.6. The van der Waals surface area contributed by atoms with Crippen LogP contribution in [0.4, 0.5) is 14.6 Å². The van der Waals surface area contributed by atoms with Gasteiger partial charge < -0.3 is 29.2 Å². The molecule has 1 atom stereocenters. The van der Waals surface area contributed by atoms with Crippen LogP contribution in [0.1, 0.15) is 24.7 Å². The second-order valence-electron chi connectivity index (χ2n) is 6.46. The maximum atomic E-state index is 14.4. The van der Waals surface area contributed by atoms with E-state index in [0.29, 0.717) is 26.4 Å². The van der Waals surface area contributed by atoms with Crippen molar-refractivity contribution in [1.29, 1.82) is 0 Å². The lowest BCUT2D eigenvalue weighted by molar-refractivity contribution is -0.0467. The normalized spacial score (nSPS) is 20.7. The van der Waals surface area contributed by atoms with E-state index in [-0.39, 0.29) is 40.9 Å². The highest BCUT2D eigenvalue weighted by molar-refractivity contribution is 5.89. The maximum absolute atomic E-state index is 14.4. The number of hydrogen-bond donors (Lipinski definition) is 2. The SMILES string of the molecule is OCC(Nc1noc2c(F)c(F)c(C3OCCO3)cc12)C1CCOCC1. The maximum Gasteiger partial charge on any atom is 0.207 e. The monoisotopic (exact) mass is 370 g/mol. The molecule has 0 spiro atoms. The van der Waals surface area contributed by atoms with Gasteiger partial charge in [0.2, 0.25) is 11.4 Å². The Labute approximate surface area is 148 Å². The Balaban J connectivity index is 1.66. The number of halogens is 2. The summed E-state index contributed by atoms with van der Waals surface area (Å²) in [4.78, 5) is 0. The number of ether oxygens (including phenoxy) is 3. The van der Waals surface area contributed by atoms with Gasteiger partial charge in [-0.1, -0.05) is 5.16 Å². The van der Waals surface area contributed by atoms with E-state index in [1.165, 1.54) is 6.07 Å². The molecule has 0 amide bonds. The van der Waals surface area contributed by atoms with Crippen molar-refractivity contribution in [3.05, 3.63) is 23.3 Å². The van der Waals surface area contributed by atoms with E-state index in [0.717, 1.165) is 12.8 Å². The van der Waals surface area contributed by atoms with Gasteiger partial charge in [0, 0.05) is 18.8 Å². The average molecular weight is 370 g/mol. The first-order valence-electron chi connectivity index (χ1n) is 8.64. The molecule has 2 fully saturated rings. The van der Waals surface area contributed by atoms with Crippen LogP contribution < -0.4 is 5.32 Å². The number of aromatic nitrogens is 1. The first-order chi connectivity index (χ1) is 12.7. The van der Waals surface area contributed by atoms with Crippen LogP contribution in [0.25, 0.3) is 11.0 Å². The summed E-state index contributed by atoms with van der Waals surface area (Å²) >= 11 is 0. The number of rotatable bonds is 5. The number of nitrogens with one attached hydrogen (secondary N) is 1. The molecule has 2 aliphatic heterocycles. The number of benzene rings is 1. The molecular formula is C17H20F2N2O5. The molecule has 142 valence electrons. The van der Waals surface area contributed by atoms with Crippen molar-refractivity contribution >= 4 is 16.8 Å². The van der Waals surface area contributed by atoms with Crippen LogP contribution >= 0.6 is 0 Å². The third-order valence-corrected chi connectivity index (χ3v) is 4.90. The van der Waals surface area contributed by atoms with Crippen LogP contribution in [-0.2, 0) is 14.2 Å². The van der Waals surface area contributed by atoms with E-state index >= 15 is 0 Å². The van der Waals surface area contributed by atoms with Crippen LogP contribution in [0.2, 0.25) is 0 Å². The van der Waals surface area contributed by atoms with E-state index in [1.54, 1.807) is 0 Å². The average Bonchev–Trinajstić information content (AvgIpc) is 3.33. The summed E-state index contributed by atoms with van der Waals surface area (Å²) in [6, 6.07) is 1.13. The molecule has 2 saturated heterocycles. The number of aliphatic hydroxyl groups excluding tert-OH is 1. The number of nitrogens with zero attached hydrogens (tertiary/aromatic N) is 1. The van der Waals surface area contributed by atoms with Crippen molar-refractivity contribution in [2.24, 2.45) is 5.92 Å². The van der Waals surface area contributed by atoms with Gasteiger partial charge in [-0.15, -0.1) is 0 Å². The molecule has 9 heteroatoms. The van der Waals surface area contributed by atoms with Gasteiger partial charge in [-0.3, -0.25) is 0 Å². The van der Waals surface area contributed by atoms with E-state index < -0.39 is 17.9 Å². The van der Waals surface area contributed by atoms with Crippen molar-refractivity contribution in [1.82, 2.24) is 5.16 Å². The van der Waals surface area contributed by atoms with Gasteiger partial charge in [0.1, 0.15) is 0 Å². The van der Waals surface area contributed by atoms with Gasteiger partial charge in [0.05, 0.1) is 31.2 Å². The molecule has 0 bridgehead atoms. The summed E-state index contributed by atoms with van der Waals surface area (Å²) in [5, 5.41) is 17.0. The molecule has 1 unspecified atom stereocenters. The third kappa shape index (κ3) is 3.16. The predicted octanol–water partition coefficient (Wildman–Crippen LogP) is 2.35. The molecule has 26 heavy (non-hydrogen) atoms. The highest BCUT2D eigenvalue weighted by Gasteiger charge is 2.30. The van der Waals surface area contributed by atoms with Crippen molar-refractivity contribution in [2.75, 3.05) is 38.4 Å². The summed E-state index contributed by atoms with van der Waals surface area (Å²) in [6.07, 6.45) is 0.638. The van der Waals surface area contributed by atoms with Crippen molar-refractivity contribution in [2.45, 2.75) is 25.2 Å². The molecule has 2 aliphatic rings. The van der Waals surface area contributed by atoms with Gasteiger partial charge >= 0.3 is 0 Å². The Hall–Kier alpha value is -1.81. The van der Waals surface area contributed by atoms with Gasteiger partial charge in [-0.25, -0.2) is 4.39 Å². The lowest BCUT2D eigenvalue weighted by atomic mass is 9.92. The third-order valence-electron chi connectivity index (χ3n) is 4.90. The minimum absolute atomic E-state index is 0.0367. The number of aliphatic hydroxyl groups is 1. The molecule has 2 N–H and O–H groups in total. The fraction of sp³-hybridized carbons (Fsp3) is 0.588. The topological polar surface area (TPSA) is 86.0 Å². The summed E-state index contributed by atoms with van der Waals surface area (Å²) in [6.45, 7) is 1.76. The lowest BCUT2D eigenvalue weighted by Gasteiger charge is -2.29. The van der Waals surface area contributed by atoms with Gasteiger partial charge in [-0.05, 0) is 24.8 Å². The highest BCUT2D eigenvalue weighted by Crippen LogP contribution is 2.35. The van der Waals surface area contributed by atoms with Gasteiger partial charge in [0.25, 0.3) is 0 Å². The van der Waals surface area contributed by atoms with Gasteiger partial charge in [-0.2, -0.15) is 4.39 Å². The Kier molecular flexibility index (Phi) is 5.03.